The number of fused-ring (bicyclic) bond motifs is 1. The third kappa shape index (κ3) is 2.27. The maximum absolute atomic E-state index is 5.99. The average Bonchev–Trinajstić information content (AvgIpc) is 2.86. The minimum atomic E-state index is 0.443. The van der Waals surface area contributed by atoms with Gasteiger partial charge in [0.2, 0.25) is 0 Å². The van der Waals surface area contributed by atoms with Crippen molar-refractivity contribution in [3.63, 3.8) is 0 Å². The van der Waals surface area contributed by atoms with Crippen molar-refractivity contribution in [1.29, 1.82) is 0 Å². The van der Waals surface area contributed by atoms with Gasteiger partial charge in [-0.15, -0.1) is 11.6 Å². The number of halogens is 1. The van der Waals surface area contributed by atoms with E-state index >= 15 is 0 Å². The van der Waals surface area contributed by atoms with E-state index in [-0.39, 0.29) is 0 Å². The molecule has 0 aliphatic heterocycles. The normalized spacial score (nSPS) is 23.4. The highest BCUT2D eigenvalue weighted by atomic mass is 35.5. The van der Waals surface area contributed by atoms with Gasteiger partial charge < -0.3 is 5.32 Å². The molecule has 3 rings (SSSR count). The summed E-state index contributed by atoms with van der Waals surface area (Å²) in [5, 5.41) is 3.48. The van der Waals surface area contributed by atoms with Crippen LogP contribution in [0, 0.1) is 5.92 Å². The van der Waals surface area contributed by atoms with E-state index in [2.05, 4.69) is 15.3 Å². The maximum Gasteiger partial charge on any atom is 0.145 e. The van der Waals surface area contributed by atoms with Crippen molar-refractivity contribution in [2.24, 2.45) is 5.92 Å². The van der Waals surface area contributed by atoms with Gasteiger partial charge in [0.15, 0.2) is 0 Å². The second-order valence-corrected chi connectivity index (χ2v) is 5.15. The van der Waals surface area contributed by atoms with Crippen molar-refractivity contribution in [1.82, 2.24) is 9.97 Å². The molecule has 2 aromatic rings. The average molecular weight is 262 g/mol. The summed E-state index contributed by atoms with van der Waals surface area (Å²) in [6.07, 6.45) is 5.44. The predicted molar refractivity (Wildman–Crippen MR) is 75.0 cm³/mol. The standard InChI is InChI=1S/C14H16ClN3/c15-8-10-4-3-7-11(10)17-14-9-16-12-5-1-2-6-13(12)18-14/h1-2,5-6,9-11H,3-4,7-8H2,(H,17,18). The van der Waals surface area contributed by atoms with E-state index < -0.39 is 0 Å². The van der Waals surface area contributed by atoms with Gasteiger partial charge in [-0.25, -0.2) is 4.98 Å². The lowest BCUT2D eigenvalue weighted by Crippen LogP contribution is -2.25. The van der Waals surface area contributed by atoms with Crippen LogP contribution in [0.3, 0.4) is 0 Å². The first-order valence-electron chi connectivity index (χ1n) is 6.41. The van der Waals surface area contributed by atoms with Gasteiger partial charge in [0.1, 0.15) is 5.82 Å². The minimum Gasteiger partial charge on any atom is -0.366 e. The summed E-state index contributed by atoms with van der Waals surface area (Å²) in [4.78, 5) is 9.01. The highest BCUT2D eigenvalue weighted by Crippen LogP contribution is 2.29. The monoisotopic (exact) mass is 261 g/mol. The Morgan fingerprint density at radius 1 is 1.22 bits per heavy atom. The molecule has 2 unspecified atom stereocenters. The van der Waals surface area contributed by atoms with E-state index in [4.69, 9.17) is 11.6 Å². The molecule has 0 spiro atoms. The highest BCUT2D eigenvalue weighted by molar-refractivity contribution is 6.18. The third-order valence-electron chi connectivity index (χ3n) is 3.64. The molecule has 1 aromatic carbocycles. The molecule has 0 amide bonds. The first kappa shape index (κ1) is 11.7. The van der Waals surface area contributed by atoms with E-state index in [1.54, 1.807) is 0 Å². The van der Waals surface area contributed by atoms with Crippen LogP contribution in [0.15, 0.2) is 30.5 Å². The molecule has 1 saturated carbocycles. The Kier molecular flexibility index (Phi) is 3.33. The Morgan fingerprint density at radius 3 is 2.89 bits per heavy atom. The third-order valence-corrected chi connectivity index (χ3v) is 4.04. The maximum atomic E-state index is 5.99. The van der Waals surface area contributed by atoms with Gasteiger partial charge >= 0.3 is 0 Å². The second-order valence-electron chi connectivity index (χ2n) is 4.84. The molecular weight excluding hydrogens is 246 g/mol. The summed E-state index contributed by atoms with van der Waals surface area (Å²) in [6.45, 7) is 0. The Balaban J connectivity index is 1.82. The molecule has 1 aromatic heterocycles. The van der Waals surface area contributed by atoms with Crippen LogP contribution < -0.4 is 5.32 Å². The van der Waals surface area contributed by atoms with Gasteiger partial charge in [-0.1, -0.05) is 18.6 Å². The number of nitrogens with one attached hydrogen (secondary N) is 1. The highest BCUT2D eigenvalue weighted by Gasteiger charge is 2.26. The zero-order chi connectivity index (χ0) is 12.4. The van der Waals surface area contributed by atoms with Gasteiger partial charge in [-0.05, 0) is 30.9 Å². The van der Waals surface area contributed by atoms with Gasteiger partial charge in [-0.3, -0.25) is 4.98 Å². The van der Waals surface area contributed by atoms with E-state index in [0.717, 1.165) is 22.7 Å². The number of benzene rings is 1. The zero-order valence-corrected chi connectivity index (χ0v) is 10.9. The first-order chi connectivity index (χ1) is 8.86. The van der Waals surface area contributed by atoms with Crippen molar-refractivity contribution in [3.05, 3.63) is 30.5 Å². The molecule has 18 heavy (non-hydrogen) atoms. The Hall–Kier alpha value is -1.35. The molecule has 1 fully saturated rings. The lowest BCUT2D eigenvalue weighted by Gasteiger charge is -2.19. The molecule has 2 atom stereocenters. The molecule has 4 heteroatoms. The van der Waals surface area contributed by atoms with Crippen LogP contribution in [0.4, 0.5) is 5.82 Å². The molecule has 1 aliphatic carbocycles. The van der Waals surface area contributed by atoms with Gasteiger partial charge in [0.25, 0.3) is 0 Å². The lowest BCUT2D eigenvalue weighted by molar-refractivity contribution is 0.561. The smallest absolute Gasteiger partial charge is 0.145 e. The lowest BCUT2D eigenvalue weighted by atomic mass is 10.1. The SMILES string of the molecule is ClCC1CCCC1Nc1cnc2ccccc2n1. The van der Waals surface area contributed by atoms with E-state index in [0.29, 0.717) is 12.0 Å². The first-order valence-corrected chi connectivity index (χ1v) is 6.94. The largest absolute Gasteiger partial charge is 0.366 e. The van der Waals surface area contributed by atoms with Gasteiger partial charge in [0.05, 0.1) is 17.2 Å². The minimum absolute atomic E-state index is 0.443. The van der Waals surface area contributed by atoms with Crippen molar-refractivity contribution < 1.29 is 0 Å². The number of nitrogens with zero attached hydrogens (tertiary/aromatic N) is 2. The van der Waals surface area contributed by atoms with Crippen molar-refractivity contribution >= 4 is 28.5 Å². The quantitative estimate of drug-likeness (QED) is 0.860. The number of anilines is 1. The van der Waals surface area contributed by atoms with Gasteiger partial charge in [0, 0.05) is 11.9 Å². The molecule has 1 heterocycles. The summed E-state index contributed by atoms with van der Waals surface area (Å²) < 4.78 is 0. The topological polar surface area (TPSA) is 37.8 Å². The predicted octanol–water partition coefficient (Wildman–Crippen LogP) is 3.45. The molecule has 0 bridgehead atoms. The summed E-state index contributed by atoms with van der Waals surface area (Å²) in [5.41, 5.74) is 1.87. The number of rotatable bonds is 3. The fourth-order valence-corrected chi connectivity index (χ4v) is 3.00. The Morgan fingerprint density at radius 2 is 2.06 bits per heavy atom. The summed E-state index contributed by atoms with van der Waals surface area (Å²) in [6, 6.07) is 8.37. The van der Waals surface area contributed by atoms with Crippen LogP contribution in [-0.4, -0.2) is 21.9 Å². The van der Waals surface area contributed by atoms with Crippen molar-refractivity contribution in [2.75, 3.05) is 11.2 Å². The fourth-order valence-electron chi connectivity index (χ4n) is 2.63. The van der Waals surface area contributed by atoms with Crippen LogP contribution in [0.5, 0.6) is 0 Å². The summed E-state index contributed by atoms with van der Waals surface area (Å²) in [5.74, 6) is 2.13. The summed E-state index contributed by atoms with van der Waals surface area (Å²) in [7, 11) is 0. The van der Waals surface area contributed by atoms with Crippen LogP contribution >= 0.6 is 11.6 Å². The molecule has 0 saturated heterocycles. The van der Waals surface area contributed by atoms with Crippen LogP contribution in [0.2, 0.25) is 0 Å². The number of aromatic nitrogens is 2. The number of alkyl halides is 1. The van der Waals surface area contributed by atoms with Crippen LogP contribution in [0.25, 0.3) is 11.0 Å². The second kappa shape index (κ2) is 5.11. The molecule has 3 nitrogen and oxygen atoms in total. The molecule has 1 aliphatic rings. The number of hydrogen-bond donors (Lipinski definition) is 1. The summed E-state index contributed by atoms with van der Waals surface area (Å²) >= 11 is 5.99. The van der Waals surface area contributed by atoms with Crippen molar-refractivity contribution in [2.45, 2.75) is 25.3 Å². The molecular formula is C14H16ClN3. The Labute approximate surface area is 112 Å². The van der Waals surface area contributed by atoms with E-state index in [9.17, 15) is 0 Å². The van der Waals surface area contributed by atoms with Gasteiger partial charge in [-0.2, -0.15) is 0 Å². The number of hydrogen-bond acceptors (Lipinski definition) is 3. The zero-order valence-electron chi connectivity index (χ0n) is 10.1. The van der Waals surface area contributed by atoms with E-state index in [1.807, 2.05) is 30.5 Å². The van der Waals surface area contributed by atoms with E-state index in [1.165, 1.54) is 19.3 Å². The van der Waals surface area contributed by atoms with Crippen LogP contribution in [0.1, 0.15) is 19.3 Å². The number of para-hydroxylation sites is 2. The molecule has 94 valence electrons. The van der Waals surface area contributed by atoms with Crippen LogP contribution in [-0.2, 0) is 0 Å². The van der Waals surface area contributed by atoms with Crippen molar-refractivity contribution in [3.8, 4) is 0 Å². The molecule has 0 radical (unpaired) electrons. The molecule has 1 N–H and O–H groups in total. The fraction of sp³-hybridized carbons (Fsp3) is 0.429. The Bertz CT molecular complexity index is 543.